The number of aromatic nitrogens is 2. The Morgan fingerprint density at radius 1 is 1.12 bits per heavy atom. The van der Waals surface area contributed by atoms with Gasteiger partial charge in [-0.2, -0.15) is 0 Å². The van der Waals surface area contributed by atoms with Crippen molar-refractivity contribution in [3.05, 3.63) is 100 Å². The summed E-state index contributed by atoms with van der Waals surface area (Å²) in [5.41, 5.74) is 4.30. The van der Waals surface area contributed by atoms with Crippen LogP contribution < -0.4 is 15.6 Å². The van der Waals surface area contributed by atoms with Crippen molar-refractivity contribution in [1.82, 2.24) is 14.9 Å². The normalized spacial score (nSPS) is 10.7. The molecule has 0 radical (unpaired) electrons. The summed E-state index contributed by atoms with van der Waals surface area (Å²) in [6.07, 6.45) is 3.54. The largest absolute Gasteiger partial charge is 0.494 e. The third-order valence-corrected chi connectivity index (χ3v) is 5.58. The Labute approximate surface area is 198 Å². The molecule has 2 heterocycles. The number of nitrogens with one attached hydrogen (secondary N) is 2. The minimum atomic E-state index is -0.138. The molecule has 2 aromatic carbocycles. The second-order valence-electron chi connectivity index (χ2n) is 7.82. The molecule has 0 aliphatic rings. The van der Waals surface area contributed by atoms with Gasteiger partial charge in [-0.3, -0.25) is 9.78 Å². The summed E-state index contributed by atoms with van der Waals surface area (Å²) in [7, 11) is 0. The monoisotopic (exact) mass is 458 g/mol. The summed E-state index contributed by atoms with van der Waals surface area (Å²) < 4.78 is 5.62. The predicted octanol–water partition coefficient (Wildman–Crippen LogP) is 5.03. The maximum absolute atomic E-state index is 12.9. The van der Waals surface area contributed by atoms with E-state index < -0.39 is 0 Å². The number of hydrogen-bond acceptors (Lipinski definition) is 4. The van der Waals surface area contributed by atoms with Crippen molar-refractivity contribution in [3.63, 3.8) is 0 Å². The van der Waals surface area contributed by atoms with Gasteiger partial charge in [-0.1, -0.05) is 18.2 Å². The van der Waals surface area contributed by atoms with Gasteiger partial charge in [0.25, 0.3) is 5.56 Å². The second-order valence-corrected chi connectivity index (χ2v) is 8.21. The minimum absolute atomic E-state index is 0.138. The zero-order valence-corrected chi connectivity index (χ0v) is 19.5. The van der Waals surface area contributed by atoms with Crippen molar-refractivity contribution in [2.24, 2.45) is 0 Å². The molecule has 0 spiro atoms. The maximum Gasteiger partial charge on any atom is 0.253 e. The van der Waals surface area contributed by atoms with Crippen LogP contribution in [0.4, 0.5) is 5.69 Å². The number of hydrogen-bond donors (Lipinski definition) is 2. The molecule has 0 saturated carbocycles. The van der Waals surface area contributed by atoms with Crippen molar-refractivity contribution in [2.45, 2.75) is 26.9 Å². The summed E-state index contributed by atoms with van der Waals surface area (Å²) in [6.45, 7) is 5.42. The number of pyridine rings is 2. The van der Waals surface area contributed by atoms with Crippen LogP contribution >= 0.6 is 12.2 Å². The van der Waals surface area contributed by atoms with Gasteiger partial charge >= 0.3 is 0 Å². The zero-order valence-electron chi connectivity index (χ0n) is 18.7. The molecule has 6 nitrogen and oxygen atoms in total. The number of thiocarbonyl (C=S) groups is 1. The highest BCUT2D eigenvalue weighted by Gasteiger charge is 2.15. The molecule has 0 atom stereocenters. The number of H-pyrrole nitrogens is 1. The van der Waals surface area contributed by atoms with Crippen molar-refractivity contribution >= 4 is 33.9 Å². The second kappa shape index (κ2) is 10.3. The van der Waals surface area contributed by atoms with Gasteiger partial charge in [0.2, 0.25) is 0 Å². The van der Waals surface area contributed by atoms with E-state index in [1.165, 1.54) is 0 Å². The van der Waals surface area contributed by atoms with Crippen LogP contribution in [0, 0.1) is 6.92 Å². The highest BCUT2D eigenvalue weighted by atomic mass is 32.1. The van der Waals surface area contributed by atoms with Crippen LogP contribution in [0.25, 0.3) is 10.9 Å². The van der Waals surface area contributed by atoms with E-state index in [0.717, 1.165) is 33.5 Å². The van der Waals surface area contributed by atoms with E-state index in [4.69, 9.17) is 17.0 Å². The van der Waals surface area contributed by atoms with Gasteiger partial charge in [0.1, 0.15) is 5.75 Å². The molecular formula is C26H26N4O2S. The zero-order chi connectivity index (χ0) is 23.2. The fourth-order valence-corrected chi connectivity index (χ4v) is 3.89. The number of rotatable bonds is 7. The molecule has 0 saturated heterocycles. The molecule has 0 amide bonds. The topological polar surface area (TPSA) is 70.2 Å². The van der Waals surface area contributed by atoms with Crippen LogP contribution in [0.2, 0.25) is 0 Å². The molecule has 168 valence electrons. The SMILES string of the molecule is CCOc1ccc2[nH]c(=O)c(CN(Cc3cccnc3)C(=S)Nc3cccc(C)c3)cc2c1. The fraction of sp³-hybridized carbons (Fsp3) is 0.192. The maximum atomic E-state index is 12.9. The van der Waals surface area contributed by atoms with Crippen LogP contribution in [0.3, 0.4) is 0 Å². The third-order valence-electron chi connectivity index (χ3n) is 5.22. The first kappa shape index (κ1) is 22.5. The highest BCUT2D eigenvalue weighted by Crippen LogP contribution is 2.20. The number of benzene rings is 2. The summed E-state index contributed by atoms with van der Waals surface area (Å²) in [5, 5.41) is 4.76. The van der Waals surface area contributed by atoms with Gasteiger partial charge in [0.15, 0.2) is 5.11 Å². The number of ether oxygens (including phenoxy) is 1. The Balaban J connectivity index is 1.65. The first-order valence-corrected chi connectivity index (χ1v) is 11.2. The molecule has 7 heteroatoms. The first-order chi connectivity index (χ1) is 16.0. The average molecular weight is 459 g/mol. The smallest absolute Gasteiger partial charge is 0.253 e. The number of anilines is 1. The van der Waals surface area contributed by atoms with Gasteiger partial charge in [-0.05, 0) is 79.7 Å². The van der Waals surface area contributed by atoms with E-state index in [2.05, 4.69) is 15.3 Å². The molecule has 0 unspecified atom stereocenters. The van der Waals surface area contributed by atoms with Crippen molar-refractivity contribution in [2.75, 3.05) is 11.9 Å². The number of aromatic amines is 1. The van der Waals surface area contributed by atoms with E-state index in [9.17, 15) is 4.79 Å². The van der Waals surface area contributed by atoms with Gasteiger partial charge < -0.3 is 19.9 Å². The molecule has 0 aliphatic heterocycles. The van der Waals surface area contributed by atoms with Crippen molar-refractivity contribution < 1.29 is 4.74 Å². The highest BCUT2D eigenvalue weighted by molar-refractivity contribution is 7.80. The molecule has 0 bridgehead atoms. The van der Waals surface area contributed by atoms with Crippen LogP contribution in [0.5, 0.6) is 5.75 Å². The van der Waals surface area contributed by atoms with Crippen molar-refractivity contribution in [1.29, 1.82) is 0 Å². The molecule has 33 heavy (non-hydrogen) atoms. The van der Waals surface area contributed by atoms with E-state index >= 15 is 0 Å². The minimum Gasteiger partial charge on any atom is -0.494 e. The van der Waals surface area contributed by atoms with Gasteiger partial charge in [0.05, 0.1) is 13.2 Å². The number of aryl methyl sites for hydroxylation is 1. The molecule has 2 aromatic heterocycles. The van der Waals surface area contributed by atoms with Crippen LogP contribution in [-0.4, -0.2) is 26.6 Å². The van der Waals surface area contributed by atoms with Gasteiger partial charge in [0, 0.05) is 41.1 Å². The van der Waals surface area contributed by atoms with Crippen LogP contribution in [0.15, 0.2) is 77.9 Å². The van der Waals surface area contributed by atoms with Gasteiger partial charge in [-0.25, -0.2) is 0 Å². The molecule has 4 rings (SSSR count). The number of nitrogens with zero attached hydrogens (tertiary/aromatic N) is 2. The number of fused-ring (bicyclic) bond motifs is 1. The van der Waals surface area contributed by atoms with Crippen LogP contribution in [0.1, 0.15) is 23.6 Å². The Kier molecular flexibility index (Phi) is 7.00. The third kappa shape index (κ3) is 5.75. The van der Waals surface area contributed by atoms with Crippen molar-refractivity contribution in [3.8, 4) is 5.75 Å². The summed E-state index contributed by atoms with van der Waals surface area (Å²) in [4.78, 5) is 22.0. The molecule has 0 aliphatic carbocycles. The lowest BCUT2D eigenvalue weighted by molar-refractivity contribution is 0.340. The van der Waals surface area contributed by atoms with E-state index in [1.807, 2.05) is 79.4 Å². The molecule has 2 N–H and O–H groups in total. The Hall–Kier alpha value is -3.71. The van der Waals surface area contributed by atoms with E-state index in [1.54, 1.807) is 12.4 Å². The summed E-state index contributed by atoms with van der Waals surface area (Å²) >= 11 is 5.76. The Morgan fingerprint density at radius 2 is 2.00 bits per heavy atom. The first-order valence-electron chi connectivity index (χ1n) is 10.8. The van der Waals surface area contributed by atoms with Crippen LogP contribution in [-0.2, 0) is 13.1 Å². The summed E-state index contributed by atoms with van der Waals surface area (Å²) in [6, 6.07) is 19.5. The molecule has 0 fully saturated rings. The average Bonchev–Trinajstić information content (AvgIpc) is 2.80. The lowest BCUT2D eigenvalue weighted by Gasteiger charge is -2.26. The summed E-state index contributed by atoms with van der Waals surface area (Å²) in [5.74, 6) is 0.770. The predicted molar refractivity (Wildman–Crippen MR) is 137 cm³/mol. The fourth-order valence-electron chi connectivity index (χ4n) is 3.65. The van der Waals surface area contributed by atoms with Gasteiger partial charge in [-0.15, -0.1) is 0 Å². The Bertz CT molecular complexity index is 1320. The standard InChI is InChI=1S/C26H26N4O2S/c1-3-32-23-9-10-24-20(14-23)13-21(25(31)29-24)17-30(16-19-7-5-11-27-15-19)26(33)28-22-8-4-6-18(2)12-22/h4-15H,3,16-17H2,1-2H3,(H,28,33)(H,29,31). The molecular weight excluding hydrogens is 432 g/mol. The molecule has 4 aromatic rings. The lowest BCUT2D eigenvalue weighted by atomic mass is 10.1. The Morgan fingerprint density at radius 3 is 2.76 bits per heavy atom. The van der Waals surface area contributed by atoms with E-state index in [0.29, 0.717) is 30.4 Å². The van der Waals surface area contributed by atoms with E-state index in [-0.39, 0.29) is 5.56 Å². The lowest BCUT2D eigenvalue weighted by Crippen LogP contribution is -2.35. The quantitative estimate of drug-likeness (QED) is 0.379.